The maximum absolute atomic E-state index is 12.5. The second-order valence-electron chi connectivity index (χ2n) is 4.73. The third-order valence-corrected chi connectivity index (χ3v) is 3.14. The Bertz CT molecular complexity index is 851. The van der Waals surface area contributed by atoms with E-state index in [9.17, 15) is 18.9 Å². The first-order valence-corrected chi connectivity index (χ1v) is 6.78. The molecule has 0 radical (unpaired) electrons. The average Bonchev–Trinajstić information content (AvgIpc) is 2.96. The van der Waals surface area contributed by atoms with Crippen LogP contribution in [0.25, 0.3) is 5.78 Å². The summed E-state index contributed by atoms with van der Waals surface area (Å²) in [5.41, 5.74) is 0.425. The van der Waals surface area contributed by atoms with E-state index in [1.54, 1.807) is 29.1 Å². The maximum atomic E-state index is 12.5. The highest BCUT2D eigenvalue weighted by Crippen LogP contribution is 2.30. The van der Waals surface area contributed by atoms with Crippen LogP contribution in [0.4, 0.5) is 20.2 Å². The molecular weight excluding hydrogens is 324 g/mol. The van der Waals surface area contributed by atoms with Crippen LogP contribution in [0.3, 0.4) is 0 Å². The van der Waals surface area contributed by atoms with E-state index in [0.717, 1.165) is 18.2 Å². The number of halogens is 2. The van der Waals surface area contributed by atoms with Crippen molar-refractivity contribution in [2.24, 2.45) is 0 Å². The predicted molar refractivity (Wildman–Crippen MR) is 80.0 cm³/mol. The van der Waals surface area contributed by atoms with Gasteiger partial charge in [-0.1, -0.05) is 0 Å². The van der Waals surface area contributed by atoms with Gasteiger partial charge in [0, 0.05) is 30.7 Å². The van der Waals surface area contributed by atoms with Crippen LogP contribution in [-0.4, -0.2) is 25.9 Å². The SMILES string of the molecule is O=[N+]([O-])c1ccc(OC(F)F)c(NCc2cn3cccnc3n2)c1. The predicted octanol–water partition coefficient (Wildman–Crippen LogP) is 2.85. The third kappa shape index (κ3) is 3.37. The third-order valence-electron chi connectivity index (χ3n) is 3.14. The summed E-state index contributed by atoms with van der Waals surface area (Å²) in [5, 5.41) is 13.7. The zero-order valence-electron chi connectivity index (χ0n) is 12.1. The van der Waals surface area contributed by atoms with Crippen LogP contribution >= 0.6 is 0 Å². The second kappa shape index (κ2) is 6.44. The molecule has 0 saturated carbocycles. The quantitative estimate of drug-likeness (QED) is 0.550. The number of hydrogen-bond donors (Lipinski definition) is 1. The van der Waals surface area contributed by atoms with Gasteiger partial charge < -0.3 is 10.1 Å². The molecule has 8 nitrogen and oxygen atoms in total. The summed E-state index contributed by atoms with van der Waals surface area (Å²) in [4.78, 5) is 18.5. The molecule has 0 spiro atoms. The first-order chi connectivity index (χ1) is 11.5. The highest BCUT2D eigenvalue weighted by Gasteiger charge is 2.15. The first-order valence-electron chi connectivity index (χ1n) is 6.78. The van der Waals surface area contributed by atoms with E-state index in [-0.39, 0.29) is 23.7 Å². The lowest BCUT2D eigenvalue weighted by Gasteiger charge is -2.11. The zero-order chi connectivity index (χ0) is 17.1. The number of hydrogen-bond acceptors (Lipinski definition) is 6. The first kappa shape index (κ1) is 15.6. The van der Waals surface area contributed by atoms with E-state index in [2.05, 4.69) is 20.0 Å². The molecule has 0 fully saturated rings. The molecule has 0 unspecified atom stereocenters. The highest BCUT2D eigenvalue weighted by molar-refractivity contribution is 5.61. The zero-order valence-corrected chi connectivity index (χ0v) is 12.1. The van der Waals surface area contributed by atoms with Gasteiger partial charge in [0.2, 0.25) is 5.78 Å². The molecule has 3 aromatic rings. The number of nitro groups is 1. The normalized spacial score (nSPS) is 11.0. The van der Waals surface area contributed by atoms with Crippen LogP contribution < -0.4 is 10.1 Å². The van der Waals surface area contributed by atoms with E-state index in [1.807, 2.05) is 0 Å². The van der Waals surface area contributed by atoms with Gasteiger partial charge in [0.05, 0.1) is 22.8 Å². The number of aromatic nitrogens is 3. The largest absolute Gasteiger partial charge is 0.433 e. The van der Waals surface area contributed by atoms with Crippen molar-refractivity contribution in [2.75, 3.05) is 5.32 Å². The fourth-order valence-corrected chi connectivity index (χ4v) is 2.12. The van der Waals surface area contributed by atoms with Gasteiger partial charge in [0.15, 0.2) is 0 Å². The summed E-state index contributed by atoms with van der Waals surface area (Å²) < 4.78 is 31.0. The Hall–Kier alpha value is -3.30. The number of fused-ring (bicyclic) bond motifs is 1. The van der Waals surface area contributed by atoms with Crippen LogP contribution in [-0.2, 0) is 6.54 Å². The lowest BCUT2D eigenvalue weighted by molar-refractivity contribution is -0.384. The van der Waals surface area contributed by atoms with Gasteiger partial charge in [-0.25, -0.2) is 9.97 Å². The van der Waals surface area contributed by atoms with Crippen molar-refractivity contribution >= 4 is 17.2 Å². The summed E-state index contributed by atoms with van der Waals surface area (Å²) in [5.74, 6) is 0.301. The summed E-state index contributed by atoms with van der Waals surface area (Å²) in [6.45, 7) is -2.88. The van der Waals surface area contributed by atoms with Gasteiger partial charge in [-0.3, -0.25) is 14.5 Å². The summed E-state index contributed by atoms with van der Waals surface area (Å²) in [6, 6.07) is 5.09. The Balaban J connectivity index is 1.83. The minimum atomic E-state index is -3.04. The molecule has 10 heteroatoms. The minimum absolute atomic E-state index is 0.0783. The Morgan fingerprint density at radius 2 is 2.25 bits per heavy atom. The number of nitrogens with one attached hydrogen (secondary N) is 1. The number of benzene rings is 1. The lowest BCUT2D eigenvalue weighted by atomic mass is 10.2. The number of nitro benzene ring substituents is 1. The van der Waals surface area contributed by atoms with E-state index < -0.39 is 11.5 Å². The molecule has 0 bridgehead atoms. The molecule has 0 amide bonds. The van der Waals surface area contributed by atoms with Crippen molar-refractivity contribution in [3.63, 3.8) is 0 Å². The number of imidazole rings is 1. The van der Waals surface area contributed by atoms with Gasteiger partial charge in [-0.05, 0) is 12.1 Å². The van der Waals surface area contributed by atoms with E-state index in [1.165, 1.54) is 0 Å². The highest BCUT2D eigenvalue weighted by atomic mass is 19.3. The average molecular weight is 335 g/mol. The number of alkyl halides is 2. The van der Waals surface area contributed by atoms with E-state index in [0.29, 0.717) is 11.5 Å². The van der Waals surface area contributed by atoms with Gasteiger partial charge in [0.25, 0.3) is 5.69 Å². The monoisotopic (exact) mass is 335 g/mol. The minimum Gasteiger partial charge on any atom is -0.433 e. The van der Waals surface area contributed by atoms with Gasteiger partial charge >= 0.3 is 6.61 Å². The van der Waals surface area contributed by atoms with Crippen LogP contribution in [0.15, 0.2) is 42.9 Å². The number of ether oxygens (including phenoxy) is 1. The van der Waals surface area contributed by atoms with Crippen molar-refractivity contribution in [3.05, 3.63) is 58.7 Å². The number of nitrogens with zero attached hydrogens (tertiary/aromatic N) is 4. The number of anilines is 1. The van der Waals surface area contributed by atoms with Crippen LogP contribution in [0, 0.1) is 10.1 Å². The van der Waals surface area contributed by atoms with Crippen LogP contribution in [0.5, 0.6) is 5.75 Å². The van der Waals surface area contributed by atoms with E-state index in [4.69, 9.17) is 0 Å². The molecule has 1 aromatic carbocycles. The van der Waals surface area contributed by atoms with Crippen molar-refractivity contribution in [1.82, 2.24) is 14.4 Å². The molecule has 0 aliphatic heterocycles. The summed E-state index contributed by atoms with van der Waals surface area (Å²) >= 11 is 0. The van der Waals surface area contributed by atoms with Crippen molar-refractivity contribution in [1.29, 1.82) is 0 Å². The molecule has 2 heterocycles. The fourth-order valence-electron chi connectivity index (χ4n) is 2.12. The smallest absolute Gasteiger partial charge is 0.387 e. The van der Waals surface area contributed by atoms with E-state index >= 15 is 0 Å². The van der Waals surface area contributed by atoms with Gasteiger partial charge in [0.1, 0.15) is 5.75 Å². The molecule has 0 saturated heterocycles. The molecule has 0 atom stereocenters. The second-order valence-corrected chi connectivity index (χ2v) is 4.73. The molecule has 2 aromatic heterocycles. The van der Waals surface area contributed by atoms with Crippen LogP contribution in [0.2, 0.25) is 0 Å². The Morgan fingerprint density at radius 3 is 2.96 bits per heavy atom. The molecule has 1 N–H and O–H groups in total. The van der Waals surface area contributed by atoms with Crippen molar-refractivity contribution in [3.8, 4) is 5.75 Å². The van der Waals surface area contributed by atoms with Crippen LogP contribution in [0.1, 0.15) is 5.69 Å². The maximum Gasteiger partial charge on any atom is 0.387 e. The molecule has 0 aliphatic carbocycles. The molecule has 124 valence electrons. The molecular formula is C14H11F2N5O3. The van der Waals surface area contributed by atoms with Gasteiger partial charge in [-0.15, -0.1) is 0 Å². The number of rotatable bonds is 6. The summed E-state index contributed by atoms with van der Waals surface area (Å²) in [7, 11) is 0. The standard InChI is InChI=1S/C14H11F2N5O3/c15-13(16)24-12-3-2-10(21(22)23)6-11(12)18-7-9-8-20-5-1-4-17-14(20)19-9/h1-6,8,13,18H,7H2. The van der Waals surface area contributed by atoms with Gasteiger partial charge in [-0.2, -0.15) is 8.78 Å². The fraction of sp³-hybridized carbons (Fsp3) is 0.143. The summed E-state index contributed by atoms with van der Waals surface area (Å²) in [6.07, 6.45) is 5.06. The lowest BCUT2D eigenvalue weighted by Crippen LogP contribution is -2.07. The molecule has 3 rings (SSSR count). The Kier molecular flexibility index (Phi) is 4.18. The Labute approximate surface area is 133 Å². The molecule has 0 aliphatic rings. The molecule has 24 heavy (non-hydrogen) atoms. The van der Waals surface area contributed by atoms with Crippen molar-refractivity contribution in [2.45, 2.75) is 13.2 Å². The topological polar surface area (TPSA) is 94.6 Å². The Morgan fingerprint density at radius 1 is 1.42 bits per heavy atom. The van der Waals surface area contributed by atoms with Crippen molar-refractivity contribution < 1.29 is 18.4 Å². The number of non-ortho nitro benzene ring substituents is 1.